The van der Waals surface area contributed by atoms with Crippen molar-refractivity contribution >= 4 is 28.5 Å². The molecule has 2 aliphatic rings. The van der Waals surface area contributed by atoms with E-state index in [1.807, 2.05) is 25.4 Å². The summed E-state index contributed by atoms with van der Waals surface area (Å²) in [4.78, 5) is 25.0. The minimum atomic E-state index is -0.442. The van der Waals surface area contributed by atoms with Crippen LogP contribution in [-0.4, -0.2) is 94.2 Å². The molecule has 1 saturated carbocycles. The lowest BCUT2D eigenvalue weighted by atomic mass is 9.92. The summed E-state index contributed by atoms with van der Waals surface area (Å²) >= 11 is 0. The largest absolute Gasteiger partial charge is 0.456 e. The molecule has 1 N–H and O–H groups in total. The summed E-state index contributed by atoms with van der Waals surface area (Å²) in [5.41, 5.74) is 3.35. The first-order chi connectivity index (χ1) is 18.2. The zero-order valence-electron chi connectivity index (χ0n) is 21.1. The number of aromatic nitrogens is 5. The van der Waals surface area contributed by atoms with Gasteiger partial charge >= 0.3 is 5.97 Å². The van der Waals surface area contributed by atoms with Gasteiger partial charge in [-0.2, -0.15) is 9.61 Å². The van der Waals surface area contributed by atoms with Crippen molar-refractivity contribution in [2.45, 2.75) is 31.6 Å². The molecule has 5 heterocycles. The molecule has 1 saturated heterocycles. The van der Waals surface area contributed by atoms with E-state index in [2.05, 4.69) is 37.1 Å². The highest BCUT2D eigenvalue weighted by atomic mass is 16.6. The van der Waals surface area contributed by atoms with Crippen LogP contribution >= 0.6 is 0 Å². The van der Waals surface area contributed by atoms with Gasteiger partial charge in [0.1, 0.15) is 23.1 Å². The highest BCUT2D eigenvalue weighted by Crippen LogP contribution is 2.32. The third kappa shape index (κ3) is 4.43. The Balaban J connectivity index is 1.36. The lowest BCUT2D eigenvalue weighted by Crippen LogP contribution is -2.41. The van der Waals surface area contributed by atoms with Crippen LogP contribution in [0.5, 0.6) is 0 Å². The Morgan fingerprint density at radius 1 is 1.19 bits per heavy atom. The quantitative estimate of drug-likeness (QED) is 0.361. The summed E-state index contributed by atoms with van der Waals surface area (Å²) in [6, 6.07) is 5.93. The van der Waals surface area contributed by atoms with Gasteiger partial charge in [0.2, 0.25) is 0 Å². The van der Waals surface area contributed by atoms with Crippen LogP contribution in [0.1, 0.15) is 23.2 Å². The van der Waals surface area contributed by atoms with Crippen molar-refractivity contribution < 1.29 is 19.0 Å². The molecule has 0 bridgehead atoms. The van der Waals surface area contributed by atoms with E-state index >= 15 is 0 Å². The number of carbonyl (C=O) groups is 1. The van der Waals surface area contributed by atoms with Crippen molar-refractivity contribution in [1.82, 2.24) is 29.0 Å². The first-order valence-corrected chi connectivity index (χ1v) is 12.7. The maximum atomic E-state index is 13.1. The highest BCUT2D eigenvalue weighted by Gasteiger charge is 2.35. The van der Waals surface area contributed by atoms with Gasteiger partial charge in [0.25, 0.3) is 0 Å². The highest BCUT2D eigenvalue weighted by molar-refractivity contribution is 5.98. The van der Waals surface area contributed by atoms with Gasteiger partial charge in [0.15, 0.2) is 5.65 Å². The first-order valence-electron chi connectivity index (χ1n) is 12.7. The van der Waals surface area contributed by atoms with Crippen LogP contribution in [0.25, 0.3) is 27.9 Å². The normalized spacial score (nSPS) is 20.3. The number of anilines is 1. The Labute approximate surface area is 214 Å². The van der Waals surface area contributed by atoms with Crippen LogP contribution in [0.3, 0.4) is 0 Å². The van der Waals surface area contributed by atoms with E-state index < -0.39 is 5.97 Å². The molecule has 11 heteroatoms. The zero-order valence-corrected chi connectivity index (χ0v) is 21.1. The third-order valence-corrected chi connectivity index (χ3v) is 7.33. The van der Waals surface area contributed by atoms with Gasteiger partial charge in [-0.1, -0.05) is 0 Å². The molecule has 2 fully saturated rings. The molecule has 1 aliphatic carbocycles. The van der Waals surface area contributed by atoms with Gasteiger partial charge in [-0.15, -0.1) is 0 Å². The Morgan fingerprint density at radius 2 is 2.03 bits per heavy atom. The van der Waals surface area contributed by atoms with E-state index in [1.54, 1.807) is 11.6 Å². The van der Waals surface area contributed by atoms with Crippen LogP contribution < -0.4 is 5.32 Å². The van der Waals surface area contributed by atoms with Gasteiger partial charge in [0, 0.05) is 69.7 Å². The second kappa shape index (κ2) is 10.1. The number of hydrogen-bond donors (Lipinski definition) is 1. The van der Waals surface area contributed by atoms with Crippen LogP contribution in [0.2, 0.25) is 0 Å². The molecule has 0 radical (unpaired) electrons. The topological polar surface area (TPSA) is 108 Å². The number of nitrogens with zero attached hydrogens (tertiary/aromatic N) is 6. The molecule has 4 aromatic rings. The number of fused-ring (bicyclic) bond motifs is 2. The van der Waals surface area contributed by atoms with Crippen molar-refractivity contribution in [2.24, 2.45) is 0 Å². The lowest BCUT2D eigenvalue weighted by Gasteiger charge is -2.34. The average molecular weight is 506 g/mol. The van der Waals surface area contributed by atoms with Crippen molar-refractivity contribution in [1.29, 1.82) is 0 Å². The maximum absolute atomic E-state index is 13.1. The summed E-state index contributed by atoms with van der Waals surface area (Å²) in [5, 5.41) is 8.60. The van der Waals surface area contributed by atoms with Crippen molar-refractivity contribution in [3.63, 3.8) is 0 Å². The Kier molecular flexibility index (Phi) is 6.49. The predicted molar refractivity (Wildman–Crippen MR) is 138 cm³/mol. The number of hydrogen-bond acceptors (Lipinski definition) is 9. The summed E-state index contributed by atoms with van der Waals surface area (Å²) in [6.07, 6.45) is 6.81. The fourth-order valence-electron chi connectivity index (χ4n) is 5.04. The number of esters is 1. The average Bonchev–Trinajstić information content (AvgIpc) is 3.52. The monoisotopic (exact) mass is 505 g/mol. The van der Waals surface area contributed by atoms with Gasteiger partial charge in [0.05, 0.1) is 31.2 Å². The minimum Gasteiger partial charge on any atom is -0.456 e. The number of ether oxygens (including phenoxy) is 3. The first kappa shape index (κ1) is 23.8. The number of morpholine rings is 1. The van der Waals surface area contributed by atoms with E-state index in [4.69, 9.17) is 19.2 Å². The van der Waals surface area contributed by atoms with Crippen molar-refractivity contribution in [3.8, 4) is 11.3 Å². The van der Waals surface area contributed by atoms with E-state index in [9.17, 15) is 4.79 Å². The minimum absolute atomic E-state index is 0.0572. The fourth-order valence-corrected chi connectivity index (χ4v) is 5.04. The van der Waals surface area contributed by atoms with E-state index in [-0.39, 0.29) is 12.2 Å². The molecular formula is C26H31N7O4. The summed E-state index contributed by atoms with van der Waals surface area (Å²) in [7, 11) is 3.46. The Morgan fingerprint density at radius 3 is 2.78 bits per heavy atom. The van der Waals surface area contributed by atoms with Gasteiger partial charge in [-0.3, -0.25) is 4.90 Å². The van der Waals surface area contributed by atoms with Crippen LogP contribution in [0, 0.1) is 0 Å². The summed E-state index contributed by atoms with van der Waals surface area (Å²) in [6.45, 7) is 5.15. The van der Waals surface area contributed by atoms with Crippen molar-refractivity contribution in [2.75, 3.05) is 52.3 Å². The second-order valence-electron chi connectivity index (χ2n) is 9.43. The second-order valence-corrected chi connectivity index (χ2v) is 9.43. The van der Waals surface area contributed by atoms with Crippen molar-refractivity contribution in [3.05, 3.63) is 42.4 Å². The lowest BCUT2D eigenvalue weighted by molar-refractivity contribution is -0.0876. The van der Waals surface area contributed by atoms with E-state index in [0.717, 1.165) is 80.3 Å². The van der Waals surface area contributed by atoms with Gasteiger partial charge in [-0.05, 0) is 25.0 Å². The van der Waals surface area contributed by atoms with Gasteiger partial charge in [-0.25, -0.2) is 14.8 Å². The molecule has 11 nitrogen and oxygen atoms in total. The SMILES string of the molecule is CNc1cc(-c2cn(CCN3CCOCC3)c3ncccc23)nc2c(C(=O)OC3CC[C@@H]3OC)cnn12. The number of pyridine rings is 1. The summed E-state index contributed by atoms with van der Waals surface area (Å²) < 4.78 is 20.4. The molecule has 37 heavy (non-hydrogen) atoms. The summed E-state index contributed by atoms with van der Waals surface area (Å²) in [5.74, 6) is 0.277. The zero-order chi connectivity index (χ0) is 25.4. The Bertz CT molecular complexity index is 1420. The number of nitrogens with one attached hydrogen (secondary N) is 1. The van der Waals surface area contributed by atoms with E-state index in [1.165, 1.54) is 6.20 Å². The fraction of sp³-hybridized carbons (Fsp3) is 0.462. The smallest absolute Gasteiger partial charge is 0.344 e. The molecule has 1 aliphatic heterocycles. The molecule has 0 spiro atoms. The number of rotatable bonds is 8. The number of methoxy groups -OCH3 is 1. The maximum Gasteiger partial charge on any atom is 0.344 e. The molecule has 0 aromatic carbocycles. The molecule has 6 rings (SSSR count). The predicted octanol–water partition coefficient (Wildman–Crippen LogP) is 2.45. The standard InChI is InChI=1S/C26H31N7O4/c1-27-23-14-20(30-25-18(15-29-33(23)25)26(34)37-22-6-5-21(22)35-2)19-16-32(24-17(19)4-3-7-28-24)9-8-31-10-12-36-13-11-31/h3-4,7,14-16,21-22,27H,5-6,8-13H2,1-2H3/t21-,22?/m0/s1. The van der Waals surface area contributed by atoms with E-state index in [0.29, 0.717) is 11.2 Å². The van der Waals surface area contributed by atoms with Crippen LogP contribution in [0.4, 0.5) is 5.82 Å². The van der Waals surface area contributed by atoms with Crippen LogP contribution in [0.15, 0.2) is 36.8 Å². The molecule has 1 unspecified atom stereocenters. The van der Waals surface area contributed by atoms with Crippen LogP contribution in [-0.2, 0) is 20.8 Å². The number of carbonyl (C=O) groups excluding carboxylic acids is 1. The molecule has 2 atom stereocenters. The van der Waals surface area contributed by atoms with Gasteiger partial charge < -0.3 is 24.1 Å². The third-order valence-electron chi connectivity index (χ3n) is 7.33. The molecule has 0 amide bonds. The molecule has 4 aromatic heterocycles. The Hall–Kier alpha value is -3.54. The molecule has 194 valence electrons. The molecular weight excluding hydrogens is 474 g/mol.